The highest BCUT2D eigenvalue weighted by molar-refractivity contribution is 5.78. The van der Waals surface area contributed by atoms with Crippen LogP contribution >= 0.6 is 0 Å². The SMILES string of the molecule is CC(=O)[C@@H](C)Cc1ccc(C=O)cc1. The van der Waals surface area contributed by atoms with E-state index in [9.17, 15) is 9.59 Å². The highest BCUT2D eigenvalue weighted by atomic mass is 16.1. The average molecular weight is 190 g/mol. The maximum Gasteiger partial charge on any atom is 0.150 e. The van der Waals surface area contributed by atoms with Crippen LogP contribution in [0, 0.1) is 5.92 Å². The summed E-state index contributed by atoms with van der Waals surface area (Å²) in [5.41, 5.74) is 1.77. The highest BCUT2D eigenvalue weighted by Gasteiger charge is 2.07. The third-order valence-corrected chi connectivity index (χ3v) is 2.35. The number of hydrogen-bond acceptors (Lipinski definition) is 2. The molecule has 1 aromatic rings. The van der Waals surface area contributed by atoms with Gasteiger partial charge in [-0.25, -0.2) is 0 Å². The lowest BCUT2D eigenvalue weighted by molar-refractivity contribution is -0.120. The number of carbonyl (C=O) groups excluding carboxylic acids is 2. The van der Waals surface area contributed by atoms with Crippen LogP contribution in [-0.2, 0) is 11.2 Å². The molecule has 14 heavy (non-hydrogen) atoms. The molecule has 0 saturated heterocycles. The van der Waals surface area contributed by atoms with Crippen LogP contribution in [0.4, 0.5) is 0 Å². The Morgan fingerprint density at radius 3 is 2.36 bits per heavy atom. The van der Waals surface area contributed by atoms with Crippen molar-refractivity contribution in [2.24, 2.45) is 5.92 Å². The Bertz CT molecular complexity index is 325. The Balaban J connectivity index is 2.68. The van der Waals surface area contributed by atoms with E-state index in [0.29, 0.717) is 5.56 Å². The molecule has 0 aliphatic carbocycles. The van der Waals surface area contributed by atoms with Crippen molar-refractivity contribution < 1.29 is 9.59 Å². The molecule has 0 saturated carbocycles. The topological polar surface area (TPSA) is 34.1 Å². The standard InChI is InChI=1S/C12H14O2/c1-9(10(2)14)7-11-3-5-12(8-13)6-4-11/h3-6,8-9H,7H2,1-2H3/t9-/m0/s1. The molecule has 0 aromatic heterocycles. The van der Waals surface area contributed by atoms with Crippen LogP contribution in [0.5, 0.6) is 0 Å². The molecule has 1 atom stereocenters. The van der Waals surface area contributed by atoms with Crippen LogP contribution in [0.2, 0.25) is 0 Å². The maximum atomic E-state index is 11.0. The molecule has 2 heteroatoms. The smallest absolute Gasteiger partial charge is 0.150 e. The number of benzene rings is 1. The van der Waals surface area contributed by atoms with Crippen molar-refractivity contribution in [1.82, 2.24) is 0 Å². The molecule has 0 unspecified atom stereocenters. The predicted molar refractivity (Wildman–Crippen MR) is 55.4 cm³/mol. The van der Waals surface area contributed by atoms with Crippen molar-refractivity contribution >= 4 is 12.1 Å². The van der Waals surface area contributed by atoms with Crippen LogP contribution < -0.4 is 0 Å². The molecule has 0 bridgehead atoms. The van der Waals surface area contributed by atoms with Gasteiger partial charge in [0.2, 0.25) is 0 Å². The fraction of sp³-hybridized carbons (Fsp3) is 0.333. The molecule has 1 aromatic carbocycles. The average Bonchev–Trinajstić information content (AvgIpc) is 2.19. The number of aldehydes is 1. The van der Waals surface area contributed by atoms with E-state index in [-0.39, 0.29) is 11.7 Å². The summed E-state index contributed by atoms with van der Waals surface area (Å²) in [5, 5.41) is 0. The normalized spacial score (nSPS) is 12.1. The van der Waals surface area contributed by atoms with Crippen LogP contribution in [0.3, 0.4) is 0 Å². The number of ketones is 1. The molecule has 1 rings (SSSR count). The molecule has 0 spiro atoms. The Labute approximate surface area is 83.9 Å². The van der Waals surface area contributed by atoms with Gasteiger partial charge in [-0.1, -0.05) is 31.2 Å². The number of Topliss-reactive ketones (excluding diaryl/α,β-unsaturated/α-hetero) is 1. The first kappa shape index (κ1) is 10.6. The molecule has 0 aliphatic rings. The van der Waals surface area contributed by atoms with Gasteiger partial charge in [-0.3, -0.25) is 9.59 Å². The van der Waals surface area contributed by atoms with Gasteiger partial charge in [0.15, 0.2) is 0 Å². The lowest BCUT2D eigenvalue weighted by Gasteiger charge is -2.06. The Kier molecular flexibility index (Phi) is 3.57. The first-order valence-electron chi connectivity index (χ1n) is 4.68. The summed E-state index contributed by atoms with van der Waals surface area (Å²) >= 11 is 0. The second-order valence-electron chi connectivity index (χ2n) is 3.58. The largest absolute Gasteiger partial charge is 0.300 e. The van der Waals surface area contributed by atoms with Gasteiger partial charge in [0, 0.05) is 11.5 Å². The fourth-order valence-corrected chi connectivity index (χ4v) is 1.23. The zero-order chi connectivity index (χ0) is 10.6. The summed E-state index contributed by atoms with van der Waals surface area (Å²) in [4.78, 5) is 21.4. The van der Waals surface area contributed by atoms with Gasteiger partial charge in [0.05, 0.1) is 0 Å². The van der Waals surface area contributed by atoms with E-state index in [0.717, 1.165) is 18.3 Å². The summed E-state index contributed by atoms with van der Waals surface area (Å²) in [6.45, 7) is 3.51. The number of carbonyl (C=O) groups is 2. The minimum Gasteiger partial charge on any atom is -0.300 e. The van der Waals surface area contributed by atoms with Crippen molar-refractivity contribution in [2.75, 3.05) is 0 Å². The Hall–Kier alpha value is -1.44. The Morgan fingerprint density at radius 1 is 1.36 bits per heavy atom. The zero-order valence-electron chi connectivity index (χ0n) is 8.49. The molecule has 74 valence electrons. The third-order valence-electron chi connectivity index (χ3n) is 2.35. The van der Waals surface area contributed by atoms with Gasteiger partial charge in [0.25, 0.3) is 0 Å². The van der Waals surface area contributed by atoms with Gasteiger partial charge >= 0.3 is 0 Å². The van der Waals surface area contributed by atoms with Gasteiger partial charge in [0.1, 0.15) is 12.1 Å². The summed E-state index contributed by atoms with van der Waals surface area (Å²) in [7, 11) is 0. The maximum absolute atomic E-state index is 11.0. The minimum absolute atomic E-state index is 0.0529. The highest BCUT2D eigenvalue weighted by Crippen LogP contribution is 2.10. The van der Waals surface area contributed by atoms with Gasteiger partial charge < -0.3 is 0 Å². The van der Waals surface area contributed by atoms with Crippen LogP contribution in [0.1, 0.15) is 29.8 Å². The second kappa shape index (κ2) is 4.70. The predicted octanol–water partition coefficient (Wildman–Crippen LogP) is 2.27. The molecule has 2 nitrogen and oxygen atoms in total. The fourth-order valence-electron chi connectivity index (χ4n) is 1.23. The molecule has 0 heterocycles. The molecule has 0 amide bonds. The summed E-state index contributed by atoms with van der Waals surface area (Å²) in [6.07, 6.45) is 1.56. The van der Waals surface area contributed by atoms with Crippen molar-refractivity contribution in [3.05, 3.63) is 35.4 Å². The summed E-state index contributed by atoms with van der Waals surface area (Å²) < 4.78 is 0. The zero-order valence-corrected chi connectivity index (χ0v) is 8.49. The minimum atomic E-state index is 0.0529. The van der Waals surface area contributed by atoms with Gasteiger partial charge in [-0.2, -0.15) is 0 Å². The van der Waals surface area contributed by atoms with Crippen LogP contribution in [0.25, 0.3) is 0 Å². The molecular weight excluding hydrogens is 176 g/mol. The molecule has 0 fully saturated rings. The van der Waals surface area contributed by atoms with Crippen LogP contribution in [-0.4, -0.2) is 12.1 Å². The van der Waals surface area contributed by atoms with Crippen molar-refractivity contribution in [3.8, 4) is 0 Å². The van der Waals surface area contributed by atoms with E-state index in [2.05, 4.69) is 0 Å². The van der Waals surface area contributed by atoms with E-state index >= 15 is 0 Å². The molecule has 0 radical (unpaired) electrons. The summed E-state index contributed by atoms with van der Waals surface area (Å²) in [6, 6.07) is 7.33. The first-order chi connectivity index (χ1) is 6.63. The molecule has 0 N–H and O–H groups in total. The van der Waals surface area contributed by atoms with E-state index in [1.165, 1.54) is 0 Å². The van der Waals surface area contributed by atoms with Crippen molar-refractivity contribution in [1.29, 1.82) is 0 Å². The van der Waals surface area contributed by atoms with E-state index in [4.69, 9.17) is 0 Å². The first-order valence-corrected chi connectivity index (χ1v) is 4.68. The van der Waals surface area contributed by atoms with Crippen molar-refractivity contribution in [2.45, 2.75) is 20.3 Å². The van der Waals surface area contributed by atoms with Gasteiger partial charge in [-0.15, -0.1) is 0 Å². The molecule has 0 aliphatic heterocycles. The quantitative estimate of drug-likeness (QED) is 0.682. The van der Waals surface area contributed by atoms with E-state index < -0.39 is 0 Å². The third kappa shape index (κ3) is 2.80. The molecular formula is C12H14O2. The van der Waals surface area contributed by atoms with E-state index in [1.54, 1.807) is 19.1 Å². The lowest BCUT2D eigenvalue weighted by atomic mass is 9.97. The lowest BCUT2D eigenvalue weighted by Crippen LogP contribution is -2.09. The van der Waals surface area contributed by atoms with Crippen molar-refractivity contribution in [3.63, 3.8) is 0 Å². The summed E-state index contributed by atoms with van der Waals surface area (Å²) in [5.74, 6) is 0.251. The van der Waals surface area contributed by atoms with E-state index in [1.807, 2.05) is 19.1 Å². The van der Waals surface area contributed by atoms with Crippen LogP contribution in [0.15, 0.2) is 24.3 Å². The second-order valence-corrected chi connectivity index (χ2v) is 3.58. The number of hydrogen-bond donors (Lipinski definition) is 0. The number of rotatable bonds is 4. The Morgan fingerprint density at radius 2 is 1.93 bits per heavy atom. The van der Waals surface area contributed by atoms with Gasteiger partial charge in [-0.05, 0) is 18.9 Å². The monoisotopic (exact) mass is 190 g/mol.